The molecule has 0 bridgehead atoms. The normalized spacial score (nSPS) is 20.1. The molecule has 1 heteroatoms. The number of unbranched alkanes of at least 4 members (excludes halogenated alkanes) is 4. The Morgan fingerprint density at radius 1 is 1.00 bits per heavy atom. The van der Waals surface area contributed by atoms with Crippen molar-refractivity contribution in [2.24, 2.45) is 5.41 Å². The number of hydrogen-bond acceptors (Lipinski definition) is 1. The highest BCUT2D eigenvalue weighted by Gasteiger charge is 2.33. The Labute approximate surface area is 126 Å². The molecular weight excluding hydrogens is 244 g/mol. The van der Waals surface area contributed by atoms with Crippen molar-refractivity contribution in [3.05, 3.63) is 11.6 Å². The van der Waals surface area contributed by atoms with Gasteiger partial charge in [-0.05, 0) is 36.7 Å². The van der Waals surface area contributed by atoms with Crippen molar-refractivity contribution >= 4 is 0 Å². The standard InChI is InChI=1S/C19H36O/c1-5-6-7-8-10-13-17(16-18(2,3)4)19(20)14-11-9-12-15-19/h16,20H,5-15H2,1-4H3/b17-16+. The highest BCUT2D eigenvalue weighted by molar-refractivity contribution is 5.20. The molecule has 0 atom stereocenters. The molecule has 20 heavy (non-hydrogen) atoms. The fourth-order valence-electron chi connectivity index (χ4n) is 3.34. The Morgan fingerprint density at radius 2 is 1.60 bits per heavy atom. The van der Waals surface area contributed by atoms with Gasteiger partial charge in [-0.1, -0.05) is 78.7 Å². The first-order valence-corrected chi connectivity index (χ1v) is 8.82. The molecule has 0 aromatic carbocycles. The summed E-state index contributed by atoms with van der Waals surface area (Å²) in [5, 5.41) is 11.0. The zero-order valence-electron chi connectivity index (χ0n) is 14.3. The lowest BCUT2D eigenvalue weighted by Gasteiger charge is -2.36. The molecule has 0 aromatic heterocycles. The molecule has 0 amide bonds. The molecule has 0 saturated heterocycles. The Balaban J connectivity index is 2.63. The third-order valence-corrected chi connectivity index (χ3v) is 4.44. The molecule has 1 aliphatic carbocycles. The molecule has 0 aliphatic heterocycles. The number of hydrogen-bond donors (Lipinski definition) is 1. The third-order valence-electron chi connectivity index (χ3n) is 4.44. The van der Waals surface area contributed by atoms with Crippen molar-refractivity contribution in [3.8, 4) is 0 Å². The Bertz CT molecular complexity index is 289. The van der Waals surface area contributed by atoms with E-state index in [0.29, 0.717) is 0 Å². The van der Waals surface area contributed by atoms with Gasteiger partial charge in [0.2, 0.25) is 0 Å². The van der Waals surface area contributed by atoms with E-state index in [1.165, 1.54) is 56.9 Å². The molecule has 1 aliphatic rings. The average Bonchev–Trinajstić information content (AvgIpc) is 2.36. The number of aliphatic hydroxyl groups is 1. The SMILES string of the molecule is CCCCCCC/C(=C\C(C)(C)C)C1(O)CCCCC1. The summed E-state index contributed by atoms with van der Waals surface area (Å²) in [5.41, 5.74) is 1.02. The molecule has 1 fully saturated rings. The predicted molar refractivity (Wildman–Crippen MR) is 88.9 cm³/mol. The van der Waals surface area contributed by atoms with Gasteiger partial charge in [-0.2, -0.15) is 0 Å². The fourth-order valence-corrected chi connectivity index (χ4v) is 3.34. The summed E-state index contributed by atoms with van der Waals surface area (Å²) in [4.78, 5) is 0. The van der Waals surface area contributed by atoms with Gasteiger partial charge in [-0.25, -0.2) is 0 Å². The van der Waals surface area contributed by atoms with Crippen LogP contribution in [0, 0.1) is 5.41 Å². The zero-order chi connectivity index (χ0) is 15.1. The highest BCUT2D eigenvalue weighted by Crippen LogP contribution is 2.38. The minimum atomic E-state index is -0.490. The van der Waals surface area contributed by atoms with Gasteiger partial charge in [0.1, 0.15) is 0 Å². The first-order chi connectivity index (χ1) is 9.37. The quantitative estimate of drug-likeness (QED) is 0.447. The van der Waals surface area contributed by atoms with Crippen LogP contribution in [0.25, 0.3) is 0 Å². The molecule has 1 rings (SSSR count). The maximum absolute atomic E-state index is 11.0. The molecule has 0 radical (unpaired) electrons. The molecule has 0 spiro atoms. The van der Waals surface area contributed by atoms with Crippen LogP contribution in [-0.2, 0) is 0 Å². The van der Waals surface area contributed by atoms with Gasteiger partial charge in [0.15, 0.2) is 0 Å². The molecule has 0 aromatic rings. The zero-order valence-corrected chi connectivity index (χ0v) is 14.3. The van der Waals surface area contributed by atoms with Crippen molar-refractivity contribution in [2.45, 2.75) is 104 Å². The maximum Gasteiger partial charge on any atom is 0.0857 e. The lowest BCUT2D eigenvalue weighted by Crippen LogP contribution is -2.34. The molecule has 0 heterocycles. The van der Waals surface area contributed by atoms with E-state index in [1.807, 2.05) is 0 Å². The van der Waals surface area contributed by atoms with Crippen LogP contribution in [0.2, 0.25) is 0 Å². The summed E-state index contributed by atoms with van der Waals surface area (Å²) in [6, 6.07) is 0. The molecule has 1 N–H and O–H groups in total. The fraction of sp³-hybridized carbons (Fsp3) is 0.895. The summed E-state index contributed by atoms with van der Waals surface area (Å²) in [6.45, 7) is 9.00. The monoisotopic (exact) mass is 280 g/mol. The van der Waals surface area contributed by atoms with Gasteiger partial charge in [0.25, 0.3) is 0 Å². The smallest absolute Gasteiger partial charge is 0.0857 e. The van der Waals surface area contributed by atoms with Crippen LogP contribution in [0.4, 0.5) is 0 Å². The average molecular weight is 280 g/mol. The van der Waals surface area contributed by atoms with E-state index < -0.39 is 5.60 Å². The van der Waals surface area contributed by atoms with Crippen LogP contribution in [-0.4, -0.2) is 10.7 Å². The molecule has 118 valence electrons. The second kappa shape index (κ2) is 8.22. The third kappa shape index (κ3) is 6.43. The van der Waals surface area contributed by atoms with E-state index in [1.54, 1.807) is 0 Å². The topological polar surface area (TPSA) is 20.2 Å². The van der Waals surface area contributed by atoms with Gasteiger partial charge in [0.05, 0.1) is 5.60 Å². The molecule has 1 nitrogen and oxygen atoms in total. The lowest BCUT2D eigenvalue weighted by atomic mass is 9.75. The van der Waals surface area contributed by atoms with Crippen LogP contribution < -0.4 is 0 Å². The van der Waals surface area contributed by atoms with Gasteiger partial charge >= 0.3 is 0 Å². The van der Waals surface area contributed by atoms with Crippen molar-refractivity contribution in [1.29, 1.82) is 0 Å². The number of rotatable bonds is 7. The minimum absolute atomic E-state index is 0.173. The van der Waals surface area contributed by atoms with Crippen molar-refractivity contribution in [3.63, 3.8) is 0 Å². The highest BCUT2D eigenvalue weighted by atomic mass is 16.3. The summed E-state index contributed by atoms with van der Waals surface area (Å²) < 4.78 is 0. The molecule has 0 unspecified atom stereocenters. The maximum atomic E-state index is 11.0. The molecular formula is C19H36O. The summed E-state index contributed by atoms with van der Waals surface area (Å²) in [5.74, 6) is 0. The summed E-state index contributed by atoms with van der Waals surface area (Å²) in [7, 11) is 0. The van der Waals surface area contributed by atoms with E-state index in [0.717, 1.165) is 19.3 Å². The number of allylic oxidation sites excluding steroid dienone is 1. The van der Waals surface area contributed by atoms with Crippen LogP contribution in [0.3, 0.4) is 0 Å². The molecule has 1 saturated carbocycles. The van der Waals surface area contributed by atoms with E-state index in [2.05, 4.69) is 33.8 Å². The van der Waals surface area contributed by atoms with E-state index in [-0.39, 0.29) is 5.41 Å². The first-order valence-electron chi connectivity index (χ1n) is 8.82. The van der Waals surface area contributed by atoms with E-state index >= 15 is 0 Å². The second-order valence-electron chi connectivity index (χ2n) is 7.79. The summed E-state index contributed by atoms with van der Waals surface area (Å²) >= 11 is 0. The van der Waals surface area contributed by atoms with E-state index in [9.17, 15) is 5.11 Å². The van der Waals surface area contributed by atoms with Crippen LogP contribution >= 0.6 is 0 Å². The van der Waals surface area contributed by atoms with Gasteiger partial charge in [0, 0.05) is 0 Å². The minimum Gasteiger partial charge on any atom is -0.386 e. The van der Waals surface area contributed by atoms with Gasteiger partial charge < -0.3 is 5.11 Å². The van der Waals surface area contributed by atoms with Gasteiger partial charge in [-0.15, -0.1) is 0 Å². The van der Waals surface area contributed by atoms with Crippen LogP contribution in [0.5, 0.6) is 0 Å². The van der Waals surface area contributed by atoms with Crippen molar-refractivity contribution in [2.75, 3.05) is 0 Å². The van der Waals surface area contributed by atoms with Crippen molar-refractivity contribution < 1.29 is 5.11 Å². The Kier molecular flexibility index (Phi) is 7.29. The predicted octanol–water partition coefficient (Wildman–Crippen LogP) is 6.01. The lowest BCUT2D eigenvalue weighted by molar-refractivity contribution is 0.0350. The van der Waals surface area contributed by atoms with E-state index in [4.69, 9.17) is 0 Å². The second-order valence-corrected chi connectivity index (χ2v) is 7.79. The van der Waals surface area contributed by atoms with Crippen LogP contribution in [0.15, 0.2) is 11.6 Å². The van der Waals surface area contributed by atoms with Crippen LogP contribution in [0.1, 0.15) is 98.3 Å². The first kappa shape index (κ1) is 17.8. The Morgan fingerprint density at radius 3 is 2.15 bits per heavy atom. The van der Waals surface area contributed by atoms with Crippen molar-refractivity contribution in [1.82, 2.24) is 0 Å². The summed E-state index contributed by atoms with van der Waals surface area (Å²) in [6.07, 6.45) is 15.6. The van der Waals surface area contributed by atoms with Gasteiger partial charge in [-0.3, -0.25) is 0 Å². The largest absolute Gasteiger partial charge is 0.386 e. The Hall–Kier alpha value is -0.300.